The number of aromatic nitrogens is 3. The summed E-state index contributed by atoms with van der Waals surface area (Å²) in [6.45, 7) is -0.603. The van der Waals surface area contributed by atoms with Crippen molar-refractivity contribution in [1.82, 2.24) is 13.7 Å². The number of nitrogens with one attached hydrogen (secondary N) is 1. The first-order valence-corrected chi connectivity index (χ1v) is 32.6. The molecule has 0 spiro atoms. The summed E-state index contributed by atoms with van der Waals surface area (Å²) in [4.78, 5) is 0. The van der Waals surface area contributed by atoms with Gasteiger partial charge in [0.1, 0.15) is 46.0 Å². The van der Waals surface area contributed by atoms with Crippen molar-refractivity contribution in [3.8, 4) is 63.1 Å². The van der Waals surface area contributed by atoms with Crippen molar-refractivity contribution in [2.45, 2.75) is 0 Å². The first-order valence-electron chi connectivity index (χ1n) is 31.4. The van der Waals surface area contributed by atoms with Gasteiger partial charge >= 0.3 is 0 Å². The van der Waals surface area contributed by atoms with Crippen LogP contribution in [0.5, 0.6) is 46.0 Å². The molecule has 9 nitrogen and oxygen atoms in total. The molecule has 0 fully saturated rings. The highest BCUT2D eigenvalue weighted by molar-refractivity contribution is 8.00. The normalized spacial score (nSPS) is 13.9. The molecule has 0 saturated heterocycles. The SMILES string of the molecule is CSN1c2cc3c(cc2B2c4cc5c(cc4Oc4cc(-n6c7ccccc7c7ccccc76)cc1c42)Nc1cc(-n2c4ccccc4c4ccccc42)cc2c1B5c1ccccc1O2)B1c2ccccc2Oc2cc(-n4c5ccccc5c5ccccc54)cc(c21)O3. The second-order valence-electron chi connectivity index (χ2n) is 25.1. The maximum absolute atomic E-state index is 7.61. The summed E-state index contributed by atoms with van der Waals surface area (Å²) in [6.07, 6.45) is 2.18. The van der Waals surface area contributed by atoms with Crippen LogP contribution < -0.4 is 77.7 Å². The molecule has 9 heterocycles. The fourth-order valence-corrected chi connectivity index (χ4v) is 17.6. The molecule has 0 unspecified atom stereocenters. The van der Waals surface area contributed by atoms with Crippen LogP contribution in [-0.2, 0) is 0 Å². The highest BCUT2D eigenvalue weighted by Crippen LogP contribution is 2.47. The smallest absolute Gasteiger partial charge is 0.260 e. The average molecular weight is 1190 g/mol. The fourth-order valence-electron chi connectivity index (χ4n) is 16.9. The van der Waals surface area contributed by atoms with E-state index in [4.69, 9.17) is 18.9 Å². The molecule has 92 heavy (non-hydrogen) atoms. The predicted octanol–water partition coefficient (Wildman–Crippen LogP) is 13.7. The number of rotatable bonds is 4. The van der Waals surface area contributed by atoms with Gasteiger partial charge in [0, 0.05) is 91.8 Å². The molecule has 1 N–H and O–H groups in total. The quantitative estimate of drug-likeness (QED) is 0.139. The zero-order chi connectivity index (χ0) is 59.8. The van der Waals surface area contributed by atoms with Gasteiger partial charge in [-0.1, -0.05) is 158 Å². The van der Waals surface area contributed by atoms with Crippen LogP contribution in [-0.4, -0.2) is 40.1 Å². The Balaban J connectivity index is 0.777. The minimum atomic E-state index is -0.257. The van der Waals surface area contributed by atoms with Crippen molar-refractivity contribution in [1.29, 1.82) is 0 Å². The second-order valence-corrected chi connectivity index (χ2v) is 25.8. The second kappa shape index (κ2) is 17.9. The van der Waals surface area contributed by atoms with E-state index in [1.54, 1.807) is 11.9 Å². The number of para-hydroxylation sites is 8. The zero-order valence-corrected chi connectivity index (χ0v) is 50.1. The maximum Gasteiger partial charge on any atom is 0.260 e. The van der Waals surface area contributed by atoms with Crippen LogP contribution in [0.4, 0.5) is 22.7 Å². The molecule has 6 aliphatic rings. The molecule has 13 heteroatoms. The summed E-state index contributed by atoms with van der Waals surface area (Å²) in [5, 5.41) is 11.3. The number of nitrogens with zero attached hydrogens (tertiary/aromatic N) is 4. The van der Waals surface area contributed by atoms with E-state index in [2.05, 4.69) is 284 Å². The lowest BCUT2D eigenvalue weighted by atomic mass is 9.30. The third-order valence-electron chi connectivity index (χ3n) is 20.5. The molecule has 0 atom stereocenters. The van der Waals surface area contributed by atoms with Gasteiger partial charge in [0.15, 0.2) is 0 Å². The fraction of sp³-hybridized carbons (Fsp3) is 0.0127. The first kappa shape index (κ1) is 49.5. The lowest BCUT2D eigenvalue weighted by Crippen LogP contribution is -2.64. The van der Waals surface area contributed by atoms with Crippen molar-refractivity contribution in [2.75, 3.05) is 15.9 Å². The van der Waals surface area contributed by atoms with E-state index in [0.717, 1.165) is 157 Å². The number of ether oxygens (including phenoxy) is 4. The van der Waals surface area contributed by atoms with Gasteiger partial charge in [-0.15, -0.1) is 0 Å². The molecule has 0 amide bonds. The van der Waals surface area contributed by atoms with Gasteiger partial charge in [-0.25, -0.2) is 0 Å². The van der Waals surface area contributed by atoms with E-state index in [0.29, 0.717) is 0 Å². The van der Waals surface area contributed by atoms with E-state index < -0.39 is 0 Å². The predicted molar refractivity (Wildman–Crippen MR) is 381 cm³/mol. The van der Waals surface area contributed by atoms with Gasteiger partial charge in [-0.3, -0.25) is 4.31 Å². The van der Waals surface area contributed by atoms with E-state index in [1.807, 2.05) is 0 Å². The Morgan fingerprint density at radius 2 is 0.652 bits per heavy atom. The molecule has 22 rings (SSSR count). The van der Waals surface area contributed by atoms with Crippen LogP contribution in [0.3, 0.4) is 0 Å². The van der Waals surface area contributed by atoms with Crippen LogP contribution in [0.15, 0.2) is 255 Å². The highest BCUT2D eigenvalue weighted by atomic mass is 32.2. The largest absolute Gasteiger partial charge is 0.458 e. The van der Waals surface area contributed by atoms with Crippen molar-refractivity contribution < 1.29 is 18.9 Å². The van der Waals surface area contributed by atoms with Crippen LogP contribution in [0.1, 0.15) is 0 Å². The maximum atomic E-state index is 7.61. The van der Waals surface area contributed by atoms with E-state index in [9.17, 15) is 0 Å². The van der Waals surface area contributed by atoms with Gasteiger partial charge in [0.2, 0.25) is 0 Å². The van der Waals surface area contributed by atoms with Crippen molar-refractivity contribution in [3.63, 3.8) is 0 Å². The molecular weight excluding hydrogens is 1150 g/mol. The molecule has 0 bridgehead atoms. The van der Waals surface area contributed by atoms with Crippen LogP contribution in [0, 0.1) is 0 Å². The summed E-state index contributed by atoms with van der Waals surface area (Å²) in [7, 11) is 0. The number of fused-ring (bicyclic) bond motifs is 21. The minimum Gasteiger partial charge on any atom is -0.458 e. The molecule has 0 aliphatic carbocycles. The van der Waals surface area contributed by atoms with Crippen LogP contribution >= 0.6 is 11.9 Å². The molecule has 3 aromatic heterocycles. The first-order chi connectivity index (χ1) is 45.6. The standard InChI is InChI=1S/C79H46B3N5O4S/c1-92-87-67-43-72-58(81-54-25-9-17-33-70(54)89-75-38-46(39-76(91-72)79(75)81)86-65-30-14-6-22-51(65)52-23-7-15-31-66(52)86)41-56(67)82-57-40-55-59(42-71(57)90-74-37-45(35-68(87)78(74)82)85-63-28-12-4-20-49(63)50-21-5-13-29-64(50)85)83-60-34-44(36-73-77(60)80(55)53-24-8-16-32-69(53)88-73)84-61-26-10-2-18-47(61)48-19-3-11-27-62(48)84/h2-43,83H,1H3. The molecular formula is C79H46B3N5O4S. The Bertz CT molecular complexity index is 5910. The summed E-state index contributed by atoms with van der Waals surface area (Å²) in [5.74, 6) is 6.54. The van der Waals surface area contributed by atoms with Gasteiger partial charge in [0.05, 0.1) is 61.5 Å². The molecule has 13 aromatic carbocycles. The van der Waals surface area contributed by atoms with Gasteiger partial charge in [-0.2, -0.15) is 0 Å². The Morgan fingerprint density at radius 1 is 0.283 bits per heavy atom. The minimum absolute atomic E-state index is 0.152. The summed E-state index contributed by atoms with van der Waals surface area (Å²) < 4.78 is 38.8. The lowest BCUT2D eigenvalue weighted by Gasteiger charge is -2.41. The van der Waals surface area contributed by atoms with Crippen molar-refractivity contribution in [3.05, 3.63) is 255 Å². The lowest BCUT2D eigenvalue weighted by molar-refractivity contribution is 0.464. The number of benzene rings is 13. The Kier molecular flexibility index (Phi) is 9.65. The number of hydrogen-bond acceptors (Lipinski definition) is 7. The average Bonchev–Trinajstić information content (AvgIpc) is 0.884. The van der Waals surface area contributed by atoms with Gasteiger partial charge < -0.3 is 38.0 Å². The Hall–Kier alpha value is -11.4. The van der Waals surface area contributed by atoms with E-state index in [-0.39, 0.29) is 20.1 Å². The number of anilines is 4. The molecule has 6 aliphatic heterocycles. The molecule has 16 aromatic rings. The topological polar surface area (TPSA) is 67.0 Å². The van der Waals surface area contributed by atoms with Gasteiger partial charge in [-0.05, 0) is 116 Å². The number of hydrogen-bond donors (Lipinski definition) is 1. The van der Waals surface area contributed by atoms with Crippen LogP contribution in [0.25, 0.3) is 82.5 Å². The Labute approximate surface area is 532 Å². The van der Waals surface area contributed by atoms with Crippen molar-refractivity contribution in [2.24, 2.45) is 0 Å². The summed E-state index contributed by atoms with van der Waals surface area (Å²) >= 11 is 1.70. The van der Waals surface area contributed by atoms with E-state index in [1.165, 1.54) is 43.2 Å². The summed E-state index contributed by atoms with van der Waals surface area (Å²) in [6, 6.07) is 92.5. The molecule has 0 radical (unpaired) electrons. The van der Waals surface area contributed by atoms with Crippen molar-refractivity contribution >= 4 is 169 Å². The molecule has 426 valence electrons. The molecule has 0 saturated carbocycles. The third-order valence-corrected chi connectivity index (χ3v) is 21.3. The highest BCUT2D eigenvalue weighted by Gasteiger charge is 2.48. The van der Waals surface area contributed by atoms with E-state index >= 15 is 0 Å². The monoisotopic (exact) mass is 1190 g/mol. The summed E-state index contributed by atoms with van der Waals surface area (Å²) in [5.41, 5.74) is 23.9. The van der Waals surface area contributed by atoms with Crippen LogP contribution in [0.2, 0.25) is 0 Å². The Morgan fingerprint density at radius 3 is 1.14 bits per heavy atom. The zero-order valence-electron chi connectivity index (χ0n) is 49.3. The van der Waals surface area contributed by atoms with Gasteiger partial charge in [0.25, 0.3) is 20.1 Å². The third kappa shape index (κ3) is 6.46.